The fourth-order valence-corrected chi connectivity index (χ4v) is 4.95. The first-order valence-corrected chi connectivity index (χ1v) is 10.7. The van der Waals surface area contributed by atoms with Crippen molar-refractivity contribution in [2.75, 3.05) is 26.2 Å². The predicted molar refractivity (Wildman–Crippen MR) is 101 cm³/mol. The fourth-order valence-electron chi connectivity index (χ4n) is 3.78. The van der Waals surface area contributed by atoms with E-state index in [9.17, 15) is 4.79 Å². The smallest absolute Gasteiger partial charge is 0.273 e. The highest BCUT2D eigenvalue weighted by atomic mass is 32.1. The molecule has 2 aliphatic heterocycles. The minimum Gasteiger partial charge on any atom is -0.467 e. The van der Waals surface area contributed by atoms with E-state index in [0.29, 0.717) is 10.9 Å². The molecule has 9 heteroatoms. The summed E-state index contributed by atoms with van der Waals surface area (Å²) >= 11 is 2.76. The number of piperidine rings is 2. The molecule has 0 unspecified atom stereocenters. The van der Waals surface area contributed by atoms with Gasteiger partial charge in [-0.15, -0.1) is 5.10 Å². The first-order valence-electron chi connectivity index (χ1n) is 9.09. The number of aromatic nitrogens is 3. The largest absolute Gasteiger partial charge is 0.467 e. The fraction of sp³-hybridized carbons (Fsp3) is 0.647. The summed E-state index contributed by atoms with van der Waals surface area (Å²) in [6.07, 6.45) is 6.23. The number of rotatable bonds is 4. The zero-order valence-corrected chi connectivity index (χ0v) is 16.5. The van der Waals surface area contributed by atoms with Gasteiger partial charge in [-0.3, -0.25) is 9.69 Å². The molecule has 0 bridgehead atoms. The van der Waals surface area contributed by atoms with Gasteiger partial charge in [0.1, 0.15) is 11.0 Å². The maximum absolute atomic E-state index is 12.6. The third kappa shape index (κ3) is 3.89. The van der Waals surface area contributed by atoms with Crippen molar-refractivity contribution in [1.82, 2.24) is 24.4 Å². The molecule has 26 heavy (non-hydrogen) atoms. The van der Waals surface area contributed by atoms with Crippen LogP contribution in [0.4, 0.5) is 0 Å². The van der Waals surface area contributed by atoms with Gasteiger partial charge in [0.05, 0.1) is 5.69 Å². The maximum Gasteiger partial charge on any atom is 0.273 e. The molecule has 0 N–H and O–H groups in total. The van der Waals surface area contributed by atoms with Crippen molar-refractivity contribution in [3.8, 4) is 5.19 Å². The van der Waals surface area contributed by atoms with Gasteiger partial charge in [0.15, 0.2) is 0 Å². The van der Waals surface area contributed by atoms with Crippen molar-refractivity contribution < 1.29 is 9.53 Å². The summed E-state index contributed by atoms with van der Waals surface area (Å²) < 4.78 is 9.83. The zero-order chi connectivity index (χ0) is 17.9. The molecular formula is C17H23N5O2S2. The van der Waals surface area contributed by atoms with Gasteiger partial charge >= 0.3 is 0 Å². The van der Waals surface area contributed by atoms with Gasteiger partial charge in [0, 0.05) is 43.8 Å². The normalized spacial score (nSPS) is 20.4. The summed E-state index contributed by atoms with van der Waals surface area (Å²) in [5, 5.41) is 6.68. The van der Waals surface area contributed by atoms with E-state index in [2.05, 4.69) is 19.5 Å². The van der Waals surface area contributed by atoms with Crippen LogP contribution >= 0.6 is 22.9 Å². The molecule has 4 rings (SSSR count). The summed E-state index contributed by atoms with van der Waals surface area (Å²) in [4.78, 5) is 22.0. The van der Waals surface area contributed by atoms with E-state index in [1.807, 2.05) is 17.2 Å². The van der Waals surface area contributed by atoms with Gasteiger partial charge in [0.2, 0.25) is 0 Å². The number of amides is 1. The second-order valence-electron chi connectivity index (χ2n) is 6.86. The Bertz CT molecular complexity index is 719. The number of likely N-dealkylation sites (tertiary alicyclic amines) is 2. The van der Waals surface area contributed by atoms with Crippen molar-refractivity contribution in [2.45, 2.75) is 44.8 Å². The molecule has 4 heterocycles. The first kappa shape index (κ1) is 17.8. The minimum atomic E-state index is 0.0894. The number of ether oxygens (including phenoxy) is 1. The Morgan fingerprint density at radius 2 is 1.96 bits per heavy atom. The van der Waals surface area contributed by atoms with Crippen molar-refractivity contribution >= 4 is 28.8 Å². The number of aryl methyl sites for hydroxylation is 1. The number of hydrogen-bond donors (Lipinski definition) is 0. The molecule has 1 amide bonds. The molecule has 0 spiro atoms. The number of hydrogen-bond acceptors (Lipinski definition) is 8. The number of carbonyl (C=O) groups excluding carboxylic acids is 1. The van der Waals surface area contributed by atoms with E-state index in [-0.39, 0.29) is 12.0 Å². The van der Waals surface area contributed by atoms with Crippen molar-refractivity contribution in [3.05, 3.63) is 22.1 Å². The molecule has 2 aliphatic rings. The van der Waals surface area contributed by atoms with Crippen molar-refractivity contribution in [3.63, 3.8) is 0 Å². The highest BCUT2D eigenvalue weighted by molar-refractivity contribution is 7.11. The molecule has 2 aromatic rings. The van der Waals surface area contributed by atoms with E-state index in [1.165, 1.54) is 11.5 Å². The molecule has 0 radical (unpaired) electrons. The molecule has 2 fully saturated rings. The number of thiazole rings is 1. The topological polar surface area (TPSA) is 71.5 Å². The molecule has 2 aromatic heterocycles. The monoisotopic (exact) mass is 393 g/mol. The lowest BCUT2D eigenvalue weighted by atomic mass is 9.98. The van der Waals surface area contributed by atoms with Crippen LogP contribution < -0.4 is 4.74 Å². The van der Waals surface area contributed by atoms with Gasteiger partial charge in [-0.05, 0) is 44.1 Å². The van der Waals surface area contributed by atoms with Crippen LogP contribution in [0.5, 0.6) is 5.19 Å². The second-order valence-corrected chi connectivity index (χ2v) is 8.47. The molecule has 0 aliphatic carbocycles. The third-order valence-electron chi connectivity index (χ3n) is 5.27. The van der Waals surface area contributed by atoms with Crippen LogP contribution in [0.3, 0.4) is 0 Å². The summed E-state index contributed by atoms with van der Waals surface area (Å²) in [6, 6.07) is 0.570. The summed E-state index contributed by atoms with van der Waals surface area (Å²) in [7, 11) is 0. The van der Waals surface area contributed by atoms with Crippen LogP contribution in [-0.2, 0) is 0 Å². The quantitative estimate of drug-likeness (QED) is 0.795. The van der Waals surface area contributed by atoms with Gasteiger partial charge in [-0.25, -0.2) is 4.98 Å². The van der Waals surface area contributed by atoms with Gasteiger partial charge in [-0.1, -0.05) is 15.8 Å². The average Bonchev–Trinajstić information content (AvgIpc) is 3.34. The van der Waals surface area contributed by atoms with Gasteiger partial charge in [-0.2, -0.15) is 0 Å². The van der Waals surface area contributed by atoms with Crippen LogP contribution in [0.2, 0.25) is 0 Å². The van der Waals surface area contributed by atoms with E-state index in [4.69, 9.17) is 4.74 Å². The Kier molecular flexibility index (Phi) is 5.46. The summed E-state index contributed by atoms with van der Waals surface area (Å²) in [6.45, 7) is 5.60. The van der Waals surface area contributed by atoms with Gasteiger partial charge < -0.3 is 9.64 Å². The summed E-state index contributed by atoms with van der Waals surface area (Å²) in [5.74, 6) is 0.0894. The van der Waals surface area contributed by atoms with Crippen LogP contribution in [0, 0.1) is 6.92 Å². The minimum absolute atomic E-state index is 0.0894. The van der Waals surface area contributed by atoms with Crippen LogP contribution in [-0.4, -0.2) is 68.6 Å². The Labute approximate surface area is 161 Å². The molecule has 0 atom stereocenters. The van der Waals surface area contributed by atoms with Crippen molar-refractivity contribution in [2.24, 2.45) is 0 Å². The van der Waals surface area contributed by atoms with Crippen LogP contribution in [0.1, 0.15) is 41.0 Å². The third-order valence-corrected chi connectivity index (χ3v) is 6.74. The summed E-state index contributed by atoms with van der Waals surface area (Å²) in [5.41, 5.74) is 0.740. The Morgan fingerprint density at radius 1 is 1.19 bits per heavy atom. The average molecular weight is 394 g/mol. The number of carbonyl (C=O) groups is 1. The molecule has 2 saturated heterocycles. The van der Waals surface area contributed by atoms with Gasteiger partial charge in [0.25, 0.3) is 11.1 Å². The Morgan fingerprint density at radius 3 is 2.58 bits per heavy atom. The van der Waals surface area contributed by atoms with Crippen molar-refractivity contribution in [1.29, 1.82) is 0 Å². The zero-order valence-electron chi connectivity index (χ0n) is 14.8. The van der Waals surface area contributed by atoms with E-state index >= 15 is 0 Å². The second kappa shape index (κ2) is 7.98. The number of nitrogens with zero attached hydrogens (tertiary/aromatic N) is 5. The van der Waals surface area contributed by atoms with Crippen LogP contribution in [0.15, 0.2) is 11.6 Å². The lowest BCUT2D eigenvalue weighted by molar-refractivity contribution is 0.0427. The highest BCUT2D eigenvalue weighted by Crippen LogP contribution is 2.25. The molecule has 0 aromatic carbocycles. The lowest BCUT2D eigenvalue weighted by Crippen LogP contribution is -2.50. The molecule has 7 nitrogen and oxygen atoms in total. The Balaban J connectivity index is 1.24. The first-order chi connectivity index (χ1) is 12.7. The lowest BCUT2D eigenvalue weighted by Gasteiger charge is -2.41. The SMILES string of the molecule is Cc1nnsc1C(=O)N1CCC(N2CCC(Oc3nccs3)CC2)CC1. The molecule has 0 saturated carbocycles. The standard InChI is InChI=1S/C17H23N5O2S2/c1-12-15(26-20-19-12)16(23)22-7-2-13(3-8-22)21-9-4-14(5-10-21)24-17-18-6-11-25-17/h6,11,13-14H,2-5,7-10H2,1H3. The van der Waals surface area contributed by atoms with E-state index < -0.39 is 0 Å². The van der Waals surface area contributed by atoms with Crippen LogP contribution in [0.25, 0.3) is 0 Å². The van der Waals surface area contributed by atoms with E-state index in [1.54, 1.807) is 17.5 Å². The molecular weight excluding hydrogens is 370 g/mol. The predicted octanol–water partition coefficient (Wildman–Crippen LogP) is 2.45. The molecule has 140 valence electrons. The maximum atomic E-state index is 12.6. The van der Waals surface area contributed by atoms with E-state index in [0.717, 1.165) is 62.7 Å². The Hall–Kier alpha value is -1.58. The highest BCUT2D eigenvalue weighted by Gasteiger charge is 2.31.